The summed E-state index contributed by atoms with van der Waals surface area (Å²) < 4.78 is 5.01. The van der Waals surface area contributed by atoms with Gasteiger partial charge in [-0.3, -0.25) is 15.2 Å². The van der Waals surface area contributed by atoms with Gasteiger partial charge >= 0.3 is 0 Å². The number of anilines is 1. The minimum Gasteiger partial charge on any atom is -0.361 e. The van der Waals surface area contributed by atoms with Crippen molar-refractivity contribution in [1.82, 2.24) is 25.3 Å². The number of carbonyl (C=O) groups excluding carboxylic acids is 1. The van der Waals surface area contributed by atoms with E-state index in [9.17, 15) is 4.79 Å². The standard InChI is InChI=1S/C18H18N6O2/c1-10-16(11(2)26-24-10)17(25)21-18-20-15(22-23-18)8-7-12-9-19-14-6-4-3-5-13(12)14/h3-6,9,19H,7-8H2,1-2H3,(H2,20,21,22,23,25). The lowest BCUT2D eigenvalue weighted by atomic mass is 10.1. The van der Waals surface area contributed by atoms with Gasteiger partial charge in [0.25, 0.3) is 5.91 Å². The van der Waals surface area contributed by atoms with E-state index in [0.717, 1.165) is 11.9 Å². The van der Waals surface area contributed by atoms with E-state index < -0.39 is 0 Å². The predicted molar refractivity (Wildman–Crippen MR) is 96.0 cm³/mol. The maximum Gasteiger partial charge on any atom is 0.263 e. The van der Waals surface area contributed by atoms with Crippen LogP contribution < -0.4 is 5.32 Å². The molecule has 4 aromatic rings. The van der Waals surface area contributed by atoms with Gasteiger partial charge in [-0.1, -0.05) is 23.4 Å². The number of H-pyrrole nitrogens is 2. The highest BCUT2D eigenvalue weighted by atomic mass is 16.5. The van der Waals surface area contributed by atoms with E-state index in [-0.39, 0.29) is 11.9 Å². The van der Waals surface area contributed by atoms with Crippen LogP contribution in [0, 0.1) is 13.8 Å². The molecule has 0 saturated carbocycles. The summed E-state index contributed by atoms with van der Waals surface area (Å²) in [6, 6.07) is 8.18. The first-order chi connectivity index (χ1) is 12.6. The minimum atomic E-state index is -0.330. The van der Waals surface area contributed by atoms with Crippen LogP contribution in [0.15, 0.2) is 35.0 Å². The SMILES string of the molecule is Cc1noc(C)c1C(=O)Nc1n[nH]c(CCc2c[nH]c3ccccc23)n1. The molecule has 0 aliphatic carbocycles. The van der Waals surface area contributed by atoms with E-state index in [4.69, 9.17) is 4.52 Å². The van der Waals surface area contributed by atoms with Gasteiger partial charge in [0.05, 0.1) is 5.69 Å². The average Bonchev–Trinajstić information content (AvgIpc) is 3.32. The number of carbonyl (C=O) groups is 1. The van der Waals surface area contributed by atoms with E-state index in [2.05, 4.69) is 42.8 Å². The molecule has 8 heteroatoms. The molecule has 4 rings (SSSR count). The molecule has 8 nitrogen and oxygen atoms in total. The molecule has 0 aliphatic heterocycles. The number of benzene rings is 1. The third-order valence-corrected chi connectivity index (χ3v) is 4.32. The molecule has 0 aliphatic rings. The van der Waals surface area contributed by atoms with Crippen molar-refractivity contribution < 1.29 is 9.32 Å². The molecule has 0 radical (unpaired) electrons. The first kappa shape index (κ1) is 16.1. The van der Waals surface area contributed by atoms with Crippen molar-refractivity contribution in [2.45, 2.75) is 26.7 Å². The van der Waals surface area contributed by atoms with Gasteiger partial charge < -0.3 is 9.51 Å². The van der Waals surface area contributed by atoms with Gasteiger partial charge in [0, 0.05) is 23.5 Å². The second-order valence-electron chi connectivity index (χ2n) is 6.12. The molecule has 0 atom stereocenters. The van der Waals surface area contributed by atoms with Crippen molar-refractivity contribution >= 4 is 22.8 Å². The molecule has 0 saturated heterocycles. The van der Waals surface area contributed by atoms with E-state index >= 15 is 0 Å². The number of nitrogens with one attached hydrogen (secondary N) is 3. The summed E-state index contributed by atoms with van der Waals surface area (Å²) in [5, 5.41) is 14.6. The van der Waals surface area contributed by atoms with Gasteiger partial charge in [-0.05, 0) is 31.9 Å². The Balaban J connectivity index is 1.43. The molecule has 26 heavy (non-hydrogen) atoms. The summed E-state index contributed by atoms with van der Waals surface area (Å²) in [5.74, 6) is 1.09. The number of nitrogens with zero attached hydrogens (tertiary/aromatic N) is 3. The molecule has 3 aromatic heterocycles. The number of para-hydroxylation sites is 1. The van der Waals surface area contributed by atoms with E-state index in [1.54, 1.807) is 13.8 Å². The Morgan fingerprint density at radius 1 is 1.23 bits per heavy atom. The summed E-state index contributed by atoms with van der Waals surface area (Å²) in [5.41, 5.74) is 3.29. The first-order valence-corrected chi connectivity index (χ1v) is 8.32. The van der Waals surface area contributed by atoms with Crippen LogP contribution in [0.5, 0.6) is 0 Å². The quantitative estimate of drug-likeness (QED) is 0.512. The number of hydrogen-bond donors (Lipinski definition) is 3. The van der Waals surface area contributed by atoms with Crippen molar-refractivity contribution in [3.05, 3.63) is 58.9 Å². The Morgan fingerprint density at radius 2 is 2.08 bits per heavy atom. The van der Waals surface area contributed by atoms with Crippen molar-refractivity contribution in [2.24, 2.45) is 0 Å². The van der Waals surface area contributed by atoms with Gasteiger partial charge in [-0.15, -0.1) is 5.10 Å². The lowest BCUT2D eigenvalue weighted by Gasteiger charge is -1.99. The van der Waals surface area contributed by atoms with E-state index in [1.165, 1.54) is 10.9 Å². The average molecular weight is 350 g/mol. The van der Waals surface area contributed by atoms with Gasteiger partial charge in [-0.2, -0.15) is 4.98 Å². The monoisotopic (exact) mass is 350 g/mol. The highest BCUT2D eigenvalue weighted by Crippen LogP contribution is 2.19. The second-order valence-corrected chi connectivity index (χ2v) is 6.12. The maximum atomic E-state index is 12.3. The molecule has 3 N–H and O–H groups in total. The number of rotatable bonds is 5. The molecule has 0 unspecified atom stereocenters. The Labute approximate surface area is 149 Å². The van der Waals surface area contributed by atoms with Gasteiger partial charge in [0.2, 0.25) is 5.95 Å². The third-order valence-electron chi connectivity index (χ3n) is 4.32. The molecule has 0 fully saturated rings. The fourth-order valence-corrected chi connectivity index (χ4v) is 3.03. The molecule has 3 heterocycles. The number of aryl methyl sites for hydroxylation is 4. The Bertz CT molecular complexity index is 1050. The zero-order chi connectivity index (χ0) is 18.1. The fourth-order valence-electron chi connectivity index (χ4n) is 3.03. The van der Waals surface area contributed by atoms with Crippen molar-refractivity contribution in [2.75, 3.05) is 5.32 Å². The van der Waals surface area contributed by atoms with Gasteiger partial charge in [-0.25, -0.2) is 0 Å². The van der Waals surface area contributed by atoms with Crippen LogP contribution >= 0.6 is 0 Å². The van der Waals surface area contributed by atoms with E-state index in [0.29, 0.717) is 29.3 Å². The number of fused-ring (bicyclic) bond motifs is 1. The molecule has 1 amide bonds. The number of aromatic amines is 2. The van der Waals surface area contributed by atoms with Gasteiger partial charge in [0.1, 0.15) is 17.1 Å². The number of aromatic nitrogens is 5. The Hall–Kier alpha value is -3.42. The minimum absolute atomic E-state index is 0.240. The van der Waals surface area contributed by atoms with Crippen LogP contribution in [0.25, 0.3) is 10.9 Å². The maximum absolute atomic E-state index is 12.3. The summed E-state index contributed by atoms with van der Waals surface area (Å²) >= 11 is 0. The van der Waals surface area contributed by atoms with Gasteiger partial charge in [0.15, 0.2) is 0 Å². The second kappa shape index (κ2) is 6.47. The zero-order valence-corrected chi connectivity index (χ0v) is 14.5. The number of amides is 1. The molecule has 0 spiro atoms. The van der Waals surface area contributed by atoms with Crippen LogP contribution in [-0.2, 0) is 12.8 Å². The highest BCUT2D eigenvalue weighted by molar-refractivity contribution is 6.04. The lowest BCUT2D eigenvalue weighted by molar-refractivity contribution is 0.102. The summed E-state index contributed by atoms with van der Waals surface area (Å²) in [6.07, 6.45) is 3.52. The fraction of sp³-hybridized carbons (Fsp3) is 0.222. The van der Waals surface area contributed by atoms with Crippen LogP contribution in [0.2, 0.25) is 0 Å². The van der Waals surface area contributed by atoms with E-state index in [1.807, 2.05) is 18.3 Å². The van der Waals surface area contributed by atoms with Crippen LogP contribution in [-0.4, -0.2) is 31.2 Å². The molecule has 132 valence electrons. The Morgan fingerprint density at radius 3 is 2.88 bits per heavy atom. The molecular formula is C18H18N6O2. The Kier molecular flexibility index (Phi) is 4.00. The summed E-state index contributed by atoms with van der Waals surface area (Å²) in [7, 11) is 0. The number of hydrogen-bond acceptors (Lipinski definition) is 5. The smallest absolute Gasteiger partial charge is 0.263 e. The van der Waals surface area contributed by atoms with Crippen molar-refractivity contribution in [3.63, 3.8) is 0 Å². The van der Waals surface area contributed by atoms with Crippen LogP contribution in [0.3, 0.4) is 0 Å². The molecule has 1 aromatic carbocycles. The highest BCUT2D eigenvalue weighted by Gasteiger charge is 2.19. The zero-order valence-electron chi connectivity index (χ0n) is 14.5. The summed E-state index contributed by atoms with van der Waals surface area (Å²) in [6.45, 7) is 3.41. The molecular weight excluding hydrogens is 332 g/mol. The predicted octanol–water partition coefficient (Wildman–Crippen LogP) is 2.93. The van der Waals surface area contributed by atoms with Crippen LogP contribution in [0.4, 0.5) is 5.95 Å². The normalized spacial score (nSPS) is 11.2. The van der Waals surface area contributed by atoms with Crippen molar-refractivity contribution in [3.8, 4) is 0 Å². The van der Waals surface area contributed by atoms with Crippen LogP contribution in [0.1, 0.15) is 33.2 Å². The largest absolute Gasteiger partial charge is 0.361 e. The summed E-state index contributed by atoms with van der Waals surface area (Å²) in [4.78, 5) is 19.9. The topological polar surface area (TPSA) is 112 Å². The lowest BCUT2D eigenvalue weighted by Crippen LogP contribution is -2.14. The first-order valence-electron chi connectivity index (χ1n) is 8.32. The molecule has 0 bridgehead atoms. The third kappa shape index (κ3) is 2.97. The van der Waals surface area contributed by atoms with Crippen molar-refractivity contribution in [1.29, 1.82) is 0 Å².